The van der Waals surface area contributed by atoms with E-state index in [2.05, 4.69) is 39.4 Å². The third kappa shape index (κ3) is 3.23. The molecule has 3 aromatic heterocycles. The Morgan fingerprint density at radius 2 is 2.07 bits per heavy atom. The summed E-state index contributed by atoms with van der Waals surface area (Å²) in [6.45, 7) is 3.84. The summed E-state index contributed by atoms with van der Waals surface area (Å²) in [4.78, 5) is 8.68. The first-order valence-electron chi connectivity index (χ1n) is 8.86. The van der Waals surface area contributed by atoms with Crippen LogP contribution in [0.3, 0.4) is 0 Å². The van der Waals surface area contributed by atoms with E-state index in [0.717, 1.165) is 33.2 Å². The first-order valence-corrected chi connectivity index (χ1v) is 8.86. The normalized spacial score (nSPS) is 11.9. The van der Waals surface area contributed by atoms with E-state index in [0.29, 0.717) is 11.5 Å². The average molecular weight is 369 g/mol. The number of benzene rings is 1. The van der Waals surface area contributed by atoms with Crippen LogP contribution in [0.15, 0.2) is 55.2 Å². The quantitative estimate of drug-likeness (QED) is 0.522. The lowest BCUT2D eigenvalue weighted by Gasteiger charge is -2.11. The van der Waals surface area contributed by atoms with Gasteiger partial charge in [-0.05, 0) is 54.6 Å². The van der Waals surface area contributed by atoms with Crippen molar-refractivity contribution in [2.24, 2.45) is 0 Å². The minimum atomic E-state index is -0.329. The van der Waals surface area contributed by atoms with E-state index >= 15 is 0 Å². The van der Waals surface area contributed by atoms with Crippen LogP contribution in [-0.4, -0.2) is 19.7 Å². The van der Waals surface area contributed by atoms with Crippen LogP contribution < -0.4 is 11.1 Å². The van der Waals surface area contributed by atoms with Crippen LogP contribution in [0.25, 0.3) is 21.9 Å². The van der Waals surface area contributed by atoms with Crippen LogP contribution in [0, 0.1) is 18.3 Å². The fourth-order valence-corrected chi connectivity index (χ4v) is 3.10. The van der Waals surface area contributed by atoms with E-state index in [1.165, 1.54) is 0 Å². The van der Waals surface area contributed by atoms with Crippen LogP contribution in [-0.2, 0) is 0 Å². The molecule has 0 fully saturated rings. The van der Waals surface area contributed by atoms with Gasteiger partial charge in [0, 0.05) is 41.4 Å². The Hall–Kier alpha value is -3.92. The third-order valence-electron chi connectivity index (χ3n) is 4.68. The van der Waals surface area contributed by atoms with Gasteiger partial charge in [-0.25, -0.2) is 4.98 Å². The molecule has 3 heterocycles. The second kappa shape index (κ2) is 7.00. The van der Waals surface area contributed by atoms with Crippen LogP contribution in [0.1, 0.15) is 18.5 Å². The number of nitrogens with one attached hydrogen (secondary N) is 1. The molecule has 4 aromatic rings. The second-order valence-electron chi connectivity index (χ2n) is 6.69. The highest BCUT2D eigenvalue weighted by Crippen LogP contribution is 2.31. The number of nitrogens with two attached hydrogens (primary N) is 1. The van der Waals surface area contributed by atoms with Gasteiger partial charge < -0.3 is 11.1 Å². The molecule has 0 aliphatic carbocycles. The number of hydrogen-bond donors (Lipinski definition) is 2. The number of rotatable bonds is 4. The summed E-state index contributed by atoms with van der Waals surface area (Å²) in [5.41, 5.74) is 10.9. The van der Waals surface area contributed by atoms with Crippen LogP contribution in [0.4, 0.5) is 17.2 Å². The lowest BCUT2D eigenvalue weighted by Crippen LogP contribution is -2.02. The van der Waals surface area contributed by atoms with Gasteiger partial charge in [0.1, 0.15) is 11.9 Å². The molecule has 0 saturated heterocycles. The molecular formula is C21H19N7. The highest BCUT2D eigenvalue weighted by atomic mass is 15.3. The molecule has 28 heavy (non-hydrogen) atoms. The molecule has 7 nitrogen and oxygen atoms in total. The molecule has 0 aliphatic heterocycles. The zero-order valence-corrected chi connectivity index (χ0v) is 15.6. The molecule has 0 bridgehead atoms. The molecular weight excluding hydrogens is 350 g/mol. The Balaban J connectivity index is 1.71. The zero-order valence-electron chi connectivity index (χ0n) is 15.6. The molecule has 138 valence electrons. The Morgan fingerprint density at radius 3 is 2.86 bits per heavy atom. The van der Waals surface area contributed by atoms with Crippen LogP contribution >= 0.6 is 0 Å². The molecule has 1 unspecified atom stereocenters. The van der Waals surface area contributed by atoms with Crippen LogP contribution in [0.5, 0.6) is 0 Å². The Labute approximate surface area is 162 Å². The lowest BCUT2D eigenvalue weighted by atomic mass is 9.99. The molecule has 0 spiro atoms. The maximum absolute atomic E-state index is 9.01. The number of pyridine rings is 2. The highest BCUT2D eigenvalue weighted by Gasteiger charge is 2.09. The first kappa shape index (κ1) is 17.5. The van der Waals surface area contributed by atoms with Crippen molar-refractivity contribution < 1.29 is 0 Å². The predicted molar refractivity (Wildman–Crippen MR) is 110 cm³/mol. The van der Waals surface area contributed by atoms with E-state index in [9.17, 15) is 0 Å². The number of nitrogen functional groups attached to an aromatic ring is 1. The van der Waals surface area contributed by atoms with E-state index < -0.39 is 0 Å². The van der Waals surface area contributed by atoms with Crippen molar-refractivity contribution >= 4 is 28.0 Å². The van der Waals surface area contributed by atoms with E-state index in [1.54, 1.807) is 36.4 Å². The van der Waals surface area contributed by atoms with Crippen molar-refractivity contribution in [2.45, 2.75) is 19.9 Å². The molecule has 1 atom stereocenters. The summed E-state index contributed by atoms with van der Waals surface area (Å²) in [7, 11) is 0. The standard InChI is InChI=1S/C21H19N7/c1-13-3-4-24-10-18(13)15-5-16-7-21(25-11-19(16)20(23)6-15)27-17-9-26-28(12-17)14(2)8-22/h3-7,9-12,14H,23H2,1-2H3,(H,25,27). The first-order chi connectivity index (χ1) is 13.5. The van der Waals surface area contributed by atoms with Gasteiger partial charge in [-0.15, -0.1) is 0 Å². The van der Waals surface area contributed by atoms with Gasteiger partial charge in [-0.1, -0.05) is 0 Å². The van der Waals surface area contributed by atoms with Gasteiger partial charge in [0.05, 0.1) is 18.0 Å². The molecule has 4 rings (SSSR count). The van der Waals surface area contributed by atoms with Gasteiger partial charge in [-0.2, -0.15) is 10.4 Å². The van der Waals surface area contributed by atoms with Crippen LogP contribution in [0.2, 0.25) is 0 Å². The summed E-state index contributed by atoms with van der Waals surface area (Å²) >= 11 is 0. The lowest BCUT2D eigenvalue weighted by molar-refractivity contribution is 0.591. The number of nitrogens with zero attached hydrogens (tertiary/aromatic N) is 5. The largest absolute Gasteiger partial charge is 0.398 e. The fourth-order valence-electron chi connectivity index (χ4n) is 3.10. The maximum atomic E-state index is 9.01. The third-order valence-corrected chi connectivity index (χ3v) is 4.68. The molecule has 0 radical (unpaired) electrons. The Morgan fingerprint density at radius 1 is 1.21 bits per heavy atom. The summed E-state index contributed by atoms with van der Waals surface area (Å²) < 4.78 is 1.60. The van der Waals surface area contributed by atoms with Gasteiger partial charge >= 0.3 is 0 Å². The topological polar surface area (TPSA) is 105 Å². The molecule has 0 aliphatic rings. The van der Waals surface area contributed by atoms with Gasteiger partial charge in [-0.3, -0.25) is 9.67 Å². The smallest absolute Gasteiger partial charge is 0.135 e. The summed E-state index contributed by atoms with van der Waals surface area (Å²) in [5.74, 6) is 0.677. The Bertz CT molecular complexity index is 1200. The predicted octanol–water partition coefficient (Wildman–Crippen LogP) is 4.21. The molecule has 7 heteroatoms. The van der Waals surface area contributed by atoms with E-state index in [1.807, 2.05) is 24.4 Å². The number of fused-ring (bicyclic) bond motifs is 1. The summed E-state index contributed by atoms with van der Waals surface area (Å²) in [5, 5.41) is 18.3. The second-order valence-corrected chi connectivity index (χ2v) is 6.69. The average Bonchev–Trinajstić information content (AvgIpc) is 3.16. The number of aryl methyl sites for hydroxylation is 1. The zero-order chi connectivity index (χ0) is 19.7. The summed E-state index contributed by atoms with van der Waals surface area (Å²) in [6, 6.07) is 9.80. The molecule has 0 amide bonds. The van der Waals surface area contributed by atoms with Crippen molar-refractivity contribution in [2.75, 3.05) is 11.1 Å². The minimum absolute atomic E-state index is 0.329. The van der Waals surface area contributed by atoms with Crippen molar-refractivity contribution in [3.8, 4) is 17.2 Å². The highest BCUT2D eigenvalue weighted by molar-refractivity contribution is 5.97. The van der Waals surface area contributed by atoms with Crippen molar-refractivity contribution in [1.82, 2.24) is 19.7 Å². The van der Waals surface area contributed by atoms with Crippen molar-refractivity contribution in [1.29, 1.82) is 5.26 Å². The summed E-state index contributed by atoms with van der Waals surface area (Å²) in [6.07, 6.45) is 8.84. The number of nitriles is 1. The number of anilines is 3. The van der Waals surface area contributed by atoms with Gasteiger partial charge in [0.2, 0.25) is 0 Å². The Kier molecular flexibility index (Phi) is 4.38. The van der Waals surface area contributed by atoms with Crippen molar-refractivity contribution in [3.05, 3.63) is 60.8 Å². The van der Waals surface area contributed by atoms with E-state index in [-0.39, 0.29) is 6.04 Å². The SMILES string of the molecule is Cc1ccncc1-c1cc(N)c2cnc(Nc3cnn(C(C)C#N)c3)cc2c1. The maximum Gasteiger partial charge on any atom is 0.135 e. The van der Waals surface area contributed by atoms with Gasteiger partial charge in [0.25, 0.3) is 0 Å². The molecule has 0 saturated carbocycles. The van der Waals surface area contributed by atoms with Crippen molar-refractivity contribution in [3.63, 3.8) is 0 Å². The monoisotopic (exact) mass is 369 g/mol. The minimum Gasteiger partial charge on any atom is -0.398 e. The fraction of sp³-hybridized carbons (Fsp3) is 0.143. The van der Waals surface area contributed by atoms with E-state index in [4.69, 9.17) is 11.0 Å². The number of aromatic nitrogens is 4. The van der Waals surface area contributed by atoms with Gasteiger partial charge in [0.15, 0.2) is 0 Å². The molecule has 3 N–H and O–H groups in total. The number of hydrogen-bond acceptors (Lipinski definition) is 6. The molecule has 1 aromatic carbocycles.